The maximum Gasteiger partial charge on any atom is 0.231 e. The summed E-state index contributed by atoms with van der Waals surface area (Å²) in [5, 5.41) is 3.75. The number of halogens is 2. The second kappa shape index (κ2) is 10.3. The first-order valence-corrected chi connectivity index (χ1v) is 11.0. The van der Waals surface area contributed by atoms with Crippen LogP contribution in [0.15, 0.2) is 30.3 Å². The van der Waals surface area contributed by atoms with E-state index in [4.69, 9.17) is 31.2 Å². The minimum Gasteiger partial charge on any atom is -0.485 e. The molecule has 176 valence electrons. The van der Waals surface area contributed by atoms with E-state index in [1.165, 1.54) is 0 Å². The fraction of sp³-hybridized carbons (Fsp3) is 0.391. The molecule has 2 aromatic carbocycles. The van der Waals surface area contributed by atoms with Gasteiger partial charge in [-0.25, -0.2) is 8.78 Å². The quantitative estimate of drug-likeness (QED) is 0.480. The molecule has 0 bridgehead atoms. The van der Waals surface area contributed by atoms with E-state index in [9.17, 15) is 13.6 Å². The van der Waals surface area contributed by atoms with Crippen molar-refractivity contribution in [1.29, 1.82) is 0 Å². The smallest absolute Gasteiger partial charge is 0.231 e. The summed E-state index contributed by atoms with van der Waals surface area (Å²) in [7, 11) is 0. The van der Waals surface area contributed by atoms with Gasteiger partial charge in [0.2, 0.25) is 6.79 Å². The van der Waals surface area contributed by atoms with Crippen LogP contribution >= 0.6 is 12.2 Å². The summed E-state index contributed by atoms with van der Waals surface area (Å²) in [5.74, 6) is -1.27. The number of fused-ring (bicyclic) bond motifs is 1. The number of benzene rings is 2. The van der Waals surface area contributed by atoms with Crippen LogP contribution in [-0.4, -0.2) is 55.0 Å². The molecule has 1 saturated heterocycles. The molecule has 4 rings (SSSR count). The van der Waals surface area contributed by atoms with Gasteiger partial charge in [0.15, 0.2) is 39.8 Å². The number of carbonyl (C=O) groups is 1. The van der Waals surface area contributed by atoms with E-state index in [-0.39, 0.29) is 31.2 Å². The molecular formula is C23H24F2N2O5S. The molecule has 0 spiro atoms. The number of carbonyl (C=O) groups excluding carboxylic acids is 1. The first-order chi connectivity index (χ1) is 15.9. The predicted molar refractivity (Wildman–Crippen MR) is 120 cm³/mol. The lowest BCUT2D eigenvalue weighted by Gasteiger charge is -2.34. The molecule has 2 aliphatic rings. The summed E-state index contributed by atoms with van der Waals surface area (Å²) in [6, 6.07) is 7.67. The molecule has 1 atom stereocenters. The van der Waals surface area contributed by atoms with Crippen molar-refractivity contribution in [3.63, 3.8) is 0 Å². The number of hydrogen-bond acceptors (Lipinski definition) is 6. The molecule has 2 aromatic rings. The Morgan fingerprint density at radius 2 is 1.97 bits per heavy atom. The van der Waals surface area contributed by atoms with Gasteiger partial charge in [-0.1, -0.05) is 13.0 Å². The van der Waals surface area contributed by atoms with Crippen LogP contribution in [0.25, 0.3) is 0 Å². The van der Waals surface area contributed by atoms with Crippen LogP contribution in [0.1, 0.15) is 29.3 Å². The number of ether oxygens (including phenoxy) is 4. The number of nitrogens with one attached hydrogen (secondary N) is 1. The minimum absolute atomic E-state index is 0.0150. The Bertz CT molecular complexity index is 1030. The van der Waals surface area contributed by atoms with Crippen molar-refractivity contribution < 1.29 is 32.5 Å². The molecule has 10 heteroatoms. The number of rotatable bonds is 7. The zero-order valence-corrected chi connectivity index (χ0v) is 18.9. The standard InChI is InChI=1S/C23H24F2N2O5S/c1-2-19(28)15-8-17(24)22(18(25)9-15)30-12-16-11-27(5-6-29-16)23(33)26-10-14-3-4-20-21(7-14)32-13-31-20/h3-4,7-9,16H,2,5-6,10-13H2,1H3,(H,26,33). The van der Waals surface area contributed by atoms with Crippen molar-refractivity contribution in [2.45, 2.75) is 26.0 Å². The van der Waals surface area contributed by atoms with Gasteiger partial charge in [0, 0.05) is 31.6 Å². The maximum absolute atomic E-state index is 14.3. The van der Waals surface area contributed by atoms with Gasteiger partial charge in [0.1, 0.15) is 12.7 Å². The van der Waals surface area contributed by atoms with Crippen molar-refractivity contribution in [1.82, 2.24) is 10.2 Å². The summed E-state index contributed by atoms with van der Waals surface area (Å²) in [6.45, 7) is 3.68. The van der Waals surface area contributed by atoms with Crippen LogP contribution in [-0.2, 0) is 11.3 Å². The van der Waals surface area contributed by atoms with E-state index < -0.39 is 23.5 Å². The van der Waals surface area contributed by atoms with Crippen LogP contribution in [0.3, 0.4) is 0 Å². The lowest BCUT2D eigenvalue weighted by Crippen LogP contribution is -2.50. The highest BCUT2D eigenvalue weighted by molar-refractivity contribution is 7.80. The molecule has 1 unspecified atom stereocenters. The molecule has 7 nitrogen and oxygen atoms in total. The molecule has 0 saturated carbocycles. The largest absolute Gasteiger partial charge is 0.485 e. The van der Waals surface area contributed by atoms with Gasteiger partial charge in [0.25, 0.3) is 0 Å². The topological polar surface area (TPSA) is 69.3 Å². The van der Waals surface area contributed by atoms with Crippen LogP contribution in [0.5, 0.6) is 17.2 Å². The lowest BCUT2D eigenvalue weighted by atomic mass is 10.1. The van der Waals surface area contributed by atoms with Crippen LogP contribution in [0.2, 0.25) is 0 Å². The average Bonchev–Trinajstić information content (AvgIpc) is 3.29. The molecule has 1 N–H and O–H groups in total. The zero-order chi connectivity index (χ0) is 23.4. The van der Waals surface area contributed by atoms with Gasteiger partial charge in [-0.15, -0.1) is 0 Å². The SMILES string of the molecule is CCC(=O)c1cc(F)c(OCC2CN(C(=S)NCc3ccc4c(c3)OCO4)CCO2)c(F)c1. The highest BCUT2D eigenvalue weighted by Gasteiger charge is 2.24. The number of thiocarbonyl (C=S) groups is 1. The maximum atomic E-state index is 14.3. The van der Waals surface area contributed by atoms with Gasteiger partial charge in [0.05, 0.1) is 6.61 Å². The normalized spacial score (nSPS) is 17.1. The van der Waals surface area contributed by atoms with Crippen molar-refractivity contribution in [2.75, 3.05) is 33.1 Å². The Labute approximate surface area is 195 Å². The summed E-state index contributed by atoms with van der Waals surface area (Å²) < 4.78 is 50.3. The van der Waals surface area contributed by atoms with E-state index in [0.29, 0.717) is 37.1 Å². The van der Waals surface area contributed by atoms with Crippen LogP contribution < -0.4 is 19.5 Å². The van der Waals surface area contributed by atoms with Gasteiger partial charge in [-0.2, -0.15) is 0 Å². The van der Waals surface area contributed by atoms with E-state index in [1.54, 1.807) is 6.92 Å². The Kier molecular flexibility index (Phi) is 7.24. The molecule has 0 aliphatic carbocycles. The molecule has 0 aromatic heterocycles. The van der Waals surface area contributed by atoms with Crippen molar-refractivity contribution in [3.05, 3.63) is 53.1 Å². The highest BCUT2D eigenvalue weighted by Crippen LogP contribution is 2.32. The first kappa shape index (κ1) is 23.2. The summed E-state index contributed by atoms with van der Waals surface area (Å²) in [6.07, 6.45) is -0.271. The van der Waals surface area contributed by atoms with Crippen molar-refractivity contribution in [3.8, 4) is 17.2 Å². The summed E-state index contributed by atoms with van der Waals surface area (Å²) in [5.41, 5.74) is 0.976. The second-order valence-corrected chi connectivity index (χ2v) is 8.03. The third kappa shape index (κ3) is 5.51. The van der Waals surface area contributed by atoms with E-state index in [1.807, 2.05) is 23.1 Å². The number of ketones is 1. The third-order valence-corrected chi connectivity index (χ3v) is 5.76. The van der Waals surface area contributed by atoms with Gasteiger partial charge in [-0.3, -0.25) is 4.79 Å². The van der Waals surface area contributed by atoms with E-state index in [0.717, 1.165) is 23.4 Å². The summed E-state index contributed by atoms with van der Waals surface area (Å²) >= 11 is 5.51. The molecule has 2 heterocycles. The Hall–Kier alpha value is -2.98. The Balaban J connectivity index is 1.29. The van der Waals surface area contributed by atoms with Crippen LogP contribution in [0, 0.1) is 11.6 Å². The summed E-state index contributed by atoms with van der Waals surface area (Å²) in [4.78, 5) is 13.6. The predicted octanol–water partition coefficient (Wildman–Crippen LogP) is 3.44. The minimum atomic E-state index is -0.916. The van der Waals surface area contributed by atoms with Crippen molar-refractivity contribution >= 4 is 23.1 Å². The molecule has 0 amide bonds. The van der Waals surface area contributed by atoms with Gasteiger partial charge >= 0.3 is 0 Å². The van der Waals surface area contributed by atoms with E-state index >= 15 is 0 Å². The number of Topliss-reactive ketones (excluding diaryl/α,β-unsaturated/α-hetero) is 1. The van der Waals surface area contributed by atoms with Gasteiger partial charge in [-0.05, 0) is 42.0 Å². The Morgan fingerprint density at radius 1 is 1.21 bits per heavy atom. The number of morpholine rings is 1. The fourth-order valence-electron chi connectivity index (χ4n) is 3.58. The van der Waals surface area contributed by atoms with Crippen LogP contribution in [0.4, 0.5) is 8.78 Å². The number of nitrogens with zero attached hydrogens (tertiary/aromatic N) is 1. The lowest BCUT2D eigenvalue weighted by molar-refractivity contribution is -0.0299. The third-order valence-electron chi connectivity index (χ3n) is 5.36. The first-order valence-electron chi connectivity index (χ1n) is 10.6. The highest BCUT2D eigenvalue weighted by atomic mass is 32.1. The Morgan fingerprint density at radius 3 is 2.73 bits per heavy atom. The zero-order valence-electron chi connectivity index (χ0n) is 18.1. The van der Waals surface area contributed by atoms with Gasteiger partial charge < -0.3 is 29.2 Å². The molecular weight excluding hydrogens is 454 g/mol. The second-order valence-electron chi connectivity index (χ2n) is 7.64. The number of hydrogen-bond donors (Lipinski definition) is 1. The monoisotopic (exact) mass is 478 g/mol. The van der Waals surface area contributed by atoms with Crippen molar-refractivity contribution in [2.24, 2.45) is 0 Å². The molecule has 33 heavy (non-hydrogen) atoms. The molecule has 0 radical (unpaired) electrons. The molecule has 2 aliphatic heterocycles. The fourth-order valence-corrected chi connectivity index (χ4v) is 3.82. The molecule has 1 fully saturated rings. The average molecular weight is 479 g/mol. The van der Waals surface area contributed by atoms with E-state index in [2.05, 4.69) is 5.32 Å².